The van der Waals surface area contributed by atoms with Gasteiger partial charge < -0.3 is 24.5 Å². The van der Waals surface area contributed by atoms with Crippen LogP contribution in [0.3, 0.4) is 0 Å². The summed E-state index contributed by atoms with van der Waals surface area (Å²) in [5.41, 5.74) is 0. The van der Waals surface area contributed by atoms with E-state index in [2.05, 4.69) is 5.32 Å². The molecule has 0 bridgehead atoms. The highest BCUT2D eigenvalue weighted by atomic mass is 16.5. The number of amides is 2. The van der Waals surface area contributed by atoms with Gasteiger partial charge in [-0.3, -0.25) is 0 Å². The second-order valence-corrected chi connectivity index (χ2v) is 5.75. The molecule has 2 N–H and O–H groups in total. The summed E-state index contributed by atoms with van der Waals surface area (Å²) >= 11 is 0. The number of methoxy groups -OCH3 is 1. The minimum absolute atomic E-state index is 0.128. The van der Waals surface area contributed by atoms with E-state index in [0.29, 0.717) is 18.9 Å². The lowest BCUT2D eigenvalue weighted by molar-refractivity contribution is 0.118. The van der Waals surface area contributed by atoms with Crippen LogP contribution in [0, 0.1) is 5.92 Å². The van der Waals surface area contributed by atoms with Crippen LogP contribution in [0.15, 0.2) is 16.5 Å². The van der Waals surface area contributed by atoms with Crippen LogP contribution in [-0.4, -0.2) is 49.5 Å². The van der Waals surface area contributed by atoms with Gasteiger partial charge in [0.05, 0.1) is 6.61 Å². The number of nitrogens with one attached hydrogen (secondary N) is 1. The zero-order valence-electron chi connectivity index (χ0n) is 13.4. The Kier molecular flexibility index (Phi) is 6.27. The monoisotopic (exact) mass is 310 g/mol. The number of likely N-dealkylation sites (tertiary alicyclic amines) is 1. The number of piperidine rings is 1. The van der Waals surface area contributed by atoms with Crippen LogP contribution in [0.1, 0.15) is 37.3 Å². The summed E-state index contributed by atoms with van der Waals surface area (Å²) in [6.07, 6.45) is 2.71. The molecule has 1 aromatic heterocycles. The van der Waals surface area contributed by atoms with Crippen molar-refractivity contribution in [1.29, 1.82) is 0 Å². The average molecular weight is 310 g/mol. The van der Waals surface area contributed by atoms with Crippen molar-refractivity contribution in [2.75, 3.05) is 33.4 Å². The molecule has 2 atom stereocenters. The van der Waals surface area contributed by atoms with Crippen LogP contribution in [0.4, 0.5) is 4.79 Å². The number of hydrogen-bond donors (Lipinski definition) is 2. The van der Waals surface area contributed by atoms with Crippen molar-refractivity contribution in [1.82, 2.24) is 10.2 Å². The highest BCUT2D eigenvalue weighted by molar-refractivity contribution is 5.74. The fraction of sp³-hybridized carbons (Fsp3) is 0.688. The third-order valence-electron chi connectivity index (χ3n) is 4.07. The van der Waals surface area contributed by atoms with Crippen LogP contribution in [-0.2, 0) is 11.2 Å². The molecule has 2 rings (SSSR count). The van der Waals surface area contributed by atoms with Gasteiger partial charge in [-0.1, -0.05) is 6.92 Å². The van der Waals surface area contributed by atoms with Gasteiger partial charge in [-0.05, 0) is 30.9 Å². The van der Waals surface area contributed by atoms with Gasteiger partial charge in [0.2, 0.25) is 0 Å². The van der Waals surface area contributed by atoms with Crippen molar-refractivity contribution in [3.63, 3.8) is 0 Å². The quantitative estimate of drug-likeness (QED) is 0.842. The first-order chi connectivity index (χ1) is 10.7. The molecule has 1 aliphatic heterocycles. The first-order valence-corrected chi connectivity index (χ1v) is 7.91. The van der Waals surface area contributed by atoms with E-state index in [4.69, 9.17) is 9.15 Å². The van der Waals surface area contributed by atoms with Crippen LogP contribution < -0.4 is 5.32 Å². The summed E-state index contributed by atoms with van der Waals surface area (Å²) in [5.74, 6) is 1.78. The third-order valence-corrected chi connectivity index (χ3v) is 4.07. The normalized spacial score (nSPS) is 20.0. The van der Waals surface area contributed by atoms with E-state index in [9.17, 15) is 9.90 Å². The summed E-state index contributed by atoms with van der Waals surface area (Å²) in [5, 5.41) is 12.2. The van der Waals surface area contributed by atoms with E-state index in [-0.39, 0.29) is 24.6 Å². The minimum atomic E-state index is -0.299. The lowest BCUT2D eigenvalue weighted by atomic mass is 9.99. The highest BCUT2D eigenvalue weighted by Crippen LogP contribution is 2.20. The third kappa shape index (κ3) is 4.24. The lowest BCUT2D eigenvalue weighted by Gasteiger charge is -2.32. The molecule has 6 nitrogen and oxygen atoms in total. The molecule has 22 heavy (non-hydrogen) atoms. The smallest absolute Gasteiger partial charge is 0.318 e. The molecule has 0 aliphatic carbocycles. The molecule has 0 spiro atoms. The summed E-state index contributed by atoms with van der Waals surface area (Å²) in [6.45, 7) is 3.83. The molecule has 6 heteroatoms. The molecule has 0 saturated carbocycles. The average Bonchev–Trinajstić information content (AvgIpc) is 3.03. The van der Waals surface area contributed by atoms with Gasteiger partial charge in [-0.25, -0.2) is 4.79 Å². The molecule has 1 saturated heterocycles. The fourth-order valence-electron chi connectivity index (χ4n) is 2.77. The molecule has 1 fully saturated rings. The van der Waals surface area contributed by atoms with Gasteiger partial charge in [-0.2, -0.15) is 0 Å². The van der Waals surface area contributed by atoms with Crippen molar-refractivity contribution in [3.05, 3.63) is 23.7 Å². The predicted molar refractivity (Wildman–Crippen MR) is 82.6 cm³/mol. The molecule has 1 aliphatic rings. The number of carbonyl (C=O) groups excluding carboxylic acids is 1. The van der Waals surface area contributed by atoms with Gasteiger partial charge in [0.1, 0.15) is 17.6 Å². The molecular formula is C16H26N2O4. The summed E-state index contributed by atoms with van der Waals surface area (Å²) in [6, 6.07) is 3.38. The fourth-order valence-corrected chi connectivity index (χ4v) is 2.77. The van der Waals surface area contributed by atoms with E-state index in [1.54, 1.807) is 12.0 Å². The largest absolute Gasteiger partial charge is 0.464 e. The van der Waals surface area contributed by atoms with Crippen LogP contribution >= 0.6 is 0 Å². The Bertz CT molecular complexity index is 474. The molecule has 2 unspecified atom stereocenters. The lowest BCUT2D eigenvalue weighted by Crippen LogP contribution is -2.47. The standard InChI is InChI=1S/C16H26N2O4/c1-3-13-6-7-15(22-13)14(11-21-2)17-16(20)18-8-4-5-12(9-18)10-19/h6-7,12,14,19H,3-5,8-11H2,1-2H3,(H,17,20). The van der Waals surface area contributed by atoms with Crippen LogP contribution in [0.5, 0.6) is 0 Å². The van der Waals surface area contributed by atoms with Crippen LogP contribution in [0.25, 0.3) is 0 Å². The van der Waals surface area contributed by atoms with Gasteiger partial charge in [0.25, 0.3) is 0 Å². The first kappa shape index (κ1) is 16.8. The van der Waals surface area contributed by atoms with E-state index in [1.165, 1.54) is 0 Å². The summed E-state index contributed by atoms with van der Waals surface area (Å²) < 4.78 is 10.9. The first-order valence-electron chi connectivity index (χ1n) is 7.91. The van der Waals surface area contributed by atoms with Crippen molar-refractivity contribution in [2.24, 2.45) is 5.92 Å². The maximum atomic E-state index is 12.4. The number of carbonyl (C=O) groups is 1. The number of aliphatic hydroxyl groups is 1. The number of furan rings is 1. The van der Waals surface area contributed by atoms with Gasteiger partial charge >= 0.3 is 6.03 Å². The predicted octanol–water partition coefficient (Wildman–Crippen LogP) is 1.94. The van der Waals surface area contributed by atoms with E-state index in [0.717, 1.165) is 31.6 Å². The van der Waals surface area contributed by atoms with Crippen molar-refractivity contribution < 1.29 is 19.1 Å². The van der Waals surface area contributed by atoms with Gasteiger partial charge in [0.15, 0.2) is 0 Å². The second kappa shape index (κ2) is 8.19. The highest BCUT2D eigenvalue weighted by Gasteiger charge is 2.26. The summed E-state index contributed by atoms with van der Waals surface area (Å²) in [7, 11) is 1.60. The maximum Gasteiger partial charge on any atom is 0.318 e. The number of nitrogens with zero attached hydrogens (tertiary/aromatic N) is 1. The van der Waals surface area contributed by atoms with Gasteiger partial charge in [0, 0.05) is 33.2 Å². The second-order valence-electron chi connectivity index (χ2n) is 5.75. The molecule has 1 aromatic rings. The Labute approximate surface area is 131 Å². The molecule has 2 amide bonds. The van der Waals surface area contributed by atoms with E-state index >= 15 is 0 Å². The molecular weight excluding hydrogens is 284 g/mol. The number of hydrogen-bond acceptors (Lipinski definition) is 4. The maximum absolute atomic E-state index is 12.4. The number of ether oxygens (including phenoxy) is 1. The van der Waals surface area contributed by atoms with Crippen molar-refractivity contribution in [2.45, 2.75) is 32.2 Å². The number of aryl methyl sites for hydroxylation is 1. The Balaban J connectivity index is 1.99. The summed E-state index contributed by atoms with van der Waals surface area (Å²) in [4.78, 5) is 14.2. The number of rotatable bonds is 6. The van der Waals surface area contributed by atoms with Gasteiger partial charge in [-0.15, -0.1) is 0 Å². The molecule has 0 radical (unpaired) electrons. The Morgan fingerprint density at radius 2 is 2.41 bits per heavy atom. The number of aliphatic hydroxyl groups excluding tert-OH is 1. The Morgan fingerprint density at radius 1 is 1.59 bits per heavy atom. The number of urea groups is 1. The molecule has 2 heterocycles. The zero-order chi connectivity index (χ0) is 15.9. The van der Waals surface area contributed by atoms with E-state index in [1.807, 2.05) is 19.1 Å². The Hall–Kier alpha value is -1.53. The minimum Gasteiger partial charge on any atom is -0.464 e. The van der Waals surface area contributed by atoms with E-state index < -0.39 is 0 Å². The van der Waals surface area contributed by atoms with Crippen molar-refractivity contribution in [3.8, 4) is 0 Å². The van der Waals surface area contributed by atoms with Crippen molar-refractivity contribution >= 4 is 6.03 Å². The zero-order valence-corrected chi connectivity index (χ0v) is 13.4. The van der Waals surface area contributed by atoms with Crippen LogP contribution in [0.2, 0.25) is 0 Å². The molecule has 0 aromatic carbocycles. The SMILES string of the molecule is CCc1ccc(C(COC)NC(=O)N2CCCC(CO)C2)o1. The molecule has 124 valence electrons. The Morgan fingerprint density at radius 3 is 3.05 bits per heavy atom. The topological polar surface area (TPSA) is 74.9 Å².